The van der Waals surface area contributed by atoms with Crippen LogP contribution in [0.2, 0.25) is 0 Å². The number of likely N-dealkylation sites (tertiary alicyclic amines) is 1. The Hall–Kier alpha value is -1.51. The van der Waals surface area contributed by atoms with Gasteiger partial charge in [-0.15, -0.1) is 0 Å². The lowest BCUT2D eigenvalue weighted by molar-refractivity contribution is 0.0770. The van der Waals surface area contributed by atoms with Gasteiger partial charge in [-0.25, -0.2) is 0 Å². The van der Waals surface area contributed by atoms with E-state index >= 15 is 0 Å². The van der Waals surface area contributed by atoms with Crippen LogP contribution < -0.4 is 0 Å². The van der Waals surface area contributed by atoms with Gasteiger partial charge in [-0.1, -0.05) is 13.8 Å². The summed E-state index contributed by atoms with van der Waals surface area (Å²) in [7, 11) is 0. The van der Waals surface area contributed by atoms with E-state index in [1.54, 1.807) is 18.2 Å². The average molecular weight is 261 g/mol. The third kappa shape index (κ3) is 2.60. The molecule has 2 rings (SSSR count). The van der Waals surface area contributed by atoms with Crippen molar-refractivity contribution in [3.05, 3.63) is 29.3 Å². The van der Waals surface area contributed by atoms with Crippen LogP contribution in [0.1, 0.15) is 49.0 Å². The Balaban J connectivity index is 2.15. The molecule has 3 heteroatoms. The molecule has 1 aliphatic rings. The second kappa shape index (κ2) is 5.24. The summed E-state index contributed by atoms with van der Waals surface area (Å²) in [6.07, 6.45) is 3.35. The predicted molar refractivity (Wildman–Crippen MR) is 76.4 cm³/mol. The zero-order valence-electron chi connectivity index (χ0n) is 12.1. The molecule has 0 saturated carbocycles. The summed E-state index contributed by atoms with van der Waals surface area (Å²) in [4.78, 5) is 14.4. The number of aryl methyl sites for hydroxylation is 1. The quantitative estimate of drug-likeness (QED) is 0.906. The first-order chi connectivity index (χ1) is 9.01. The first kappa shape index (κ1) is 13.9. The maximum Gasteiger partial charge on any atom is 0.253 e. The molecule has 0 bridgehead atoms. The highest BCUT2D eigenvalue weighted by Gasteiger charge is 2.37. The maximum absolute atomic E-state index is 12.5. The summed E-state index contributed by atoms with van der Waals surface area (Å²) in [6.45, 7) is 7.95. The fourth-order valence-corrected chi connectivity index (χ4v) is 2.91. The number of phenols is 1. The van der Waals surface area contributed by atoms with Crippen LogP contribution in [-0.2, 0) is 0 Å². The topological polar surface area (TPSA) is 40.5 Å². The van der Waals surface area contributed by atoms with Gasteiger partial charge in [-0.3, -0.25) is 4.79 Å². The largest absolute Gasteiger partial charge is 0.508 e. The van der Waals surface area contributed by atoms with Crippen LogP contribution in [0.15, 0.2) is 18.2 Å². The number of aromatic hydroxyl groups is 1. The number of carbonyl (C=O) groups excluding carboxylic acids is 1. The number of hydrogen-bond donors (Lipinski definition) is 1. The lowest BCUT2D eigenvalue weighted by Gasteiger charge is -2.26. The Morgan fingerprint density at radius 3 is 2.58 bits per heavy atom. The molecule has 0 unspecified atom stereocenters. The van der Waals surface area contributed by atoms with E-state index in [1.807, 2.05) is 11.8 Å². The highest BCUT2D eigenvalue weighted by molar-refractivity contribution is 5.94. The molecule has 1 heterocycles. The van der Waals surface area contributed by atoms with E-state index in [9.17, 15) is 9.90 Å². The van der Waals surface area contributed by atoms with Crippen LogP contribution in [0.3, 0.4) is 0 Å². The van der Waals surface area contributed by atoms with Crippen molar-refractivity contribution >= 4 is 5.91 Å². The number of amides is 1. The molecule has 19 heavy (non-hydrogen) atoms. The van der Waals surface area contributed by atoms with Crippen molar-refractivity contribution in [2.45, 2.75) is 40.0 Å². The summed E-state index contributed by atoms with van der Waals surface area (Å²) < 4.78 is 0. The van der Waals surface area contributed by atoms with Gasteiger partial charge in [0, 0.05) is 18.7 Å². The fraction of sp³-hybridized carbons (Fsp3) is 0.562. The zero-order chi connectivity index (χ0) is 14.0. The van der Waals surface area contributed by atoms with Gasteiger partial charge in [0.1, 0.15) is 5.75 Å². The van der Waals surface area contributed by atoms with Gasteiger partial charge in [0.05, 0.1) is 0 Å². The number of carbonyl (C=O) groups is 1. The molecular weight excluding hydrogens is 238 g/mol. The first-order valence-electron chi connectivity index (χ1n) is 7.10. The maximum atomic E-state index is 12.5. The Morgan fingerprint density at radius 1 is 1.37 bits per heavy atom. The van der Waals surface area contributed by atoms with E-state index in [-0.39, 0.29) is 11.7 Å². The minimum Gasteiger partial charge on any atom is -0.508 e. The number of rotatable bonds is 3. The lowest BCUT2D eigenvalue weighted by Crippen LogP contribution is -2.31. The Labute approximate surface area is 115 Å². The lowest BCUT2D eigenvalue weighted by atomic mass is 9.82. The smallest absolute Gasteiger partial charge is 0.253 e. The molecular formula is C16H23NO2. The Kier molecular flexibility index (Phi) is 3.83. The molecule has 1 aliphatic heterocycles. The molecule has 0 aliphatic carbocycles. The van der Waals surface area contributed by atoms with Gasteiger partial charge >= 0.3 is 0 Å². The SMILES string of the molecule is CCC1(CC)CCN(C(=O)c2ccc(O)c(C)c2)C1. The highest BCUT2D eigenvalue weighted by Crippen LogP contribution is 2.37. The number of phenolic OH excluding ortho intramolecular Hbond substituents is 1. The zero-order valence-corrected chi connectivity index (χ0v) is 12.1. The molecule has 1 fully saturated rings. The standard InChI is InChI=1S/C16H23NO2/c1-4-16(5-2)8-9-17(11-16)15(19)13-6-7-14(18)12(3)10-13/h6-7,10,18H,4-5,8-9,11H2,1-3H3. The first-order valence-corrected chi connectivity index (χ1v) is 7.10. The molecule has 1 saturated heterocycles. The van der Waals surface area contributed by atoms with Gasteiger partial charge in [0.15, 0.2) is 0 Å². The molecule has 1 aromatic rings. The molecule has 0 atom stereocenters. The monoisotopic (exact) mass is 261 g/mol. The number of nitrogens with zero attached hydrogens (tertiary/aromatic N) is 1. The minimum atomic E-state index is 0.0897. The third-order valence-corrected chi connectivity index (χ3v) is 4.67. The molecule has 0 radical (unpaired) electrons. The Bertz CT molecular complexity index is 478. The summed E-state index contributed by atoms with van der Waals surface area (Å²) in [5.74, 6) is 0.335. The van der Waals surface area contributed by atoms with Crippen molar-refractivity contribution in [3.8, 4) is 5.75 Å². The minimum absolute atomic E-state index is 0.0897. The van der Waals surface area contributed by atoms with Crippen LogP contribution in [0.5, 0.6) is 5.75 Å². The number of benzene rings is 1. The molecule has 0 aromatic heterocycles. The molecule has 1 N–H and O–H groups in total. The summed E-state index contributed by atoms with van der Waals surface area (Å²) >= 11 is 0. The summed E-state index contributed by atoms with van der Waals surface area (Å²) in [6, 6.07) is 5.09. The van der Waals surface area contributed by atoms with E-state index in [1.165, 1.54) is 0 Å². The fourth-order valence-electron chi connectivity index (χ4n) is 2.91. The molecule has 1 amide bonds. The second-order valence-electron chi connectivity index (χ2n) is 5.69. The second-order valence-corrected chi connectivity index (χ2v) is 5.69. The van der Waals surface area contributed by atoms with Crippen molar-refractivity contribution in [3.63, 3.8) is 0 Å². The summed E-state index contributed by atoms with van der Waals surface area (Å²) in [5, 5.41) is 9.53. The molecule has 1 aromatic carbocycles. The van der Waals surface area contributed by atoms with Gasteiger partial charge in [-0.05, 0) is 55.4 Å². The third-order valence-electron chi connectivity index (χ3n) is 4.67. The van der Waals surface area contributed by atoms with E-state index < -0.39 is 0 Å². The van der Waals surface area contributed by atoms with Crippen LogP contribution in [-0.4, -0.2) is 29.0 Å². The van der Waals surface area contributed by atoms with Crippen molar-refractivity contribution in [1.82, 2.24) is 4.90 Å². The average Bonchev–Trinajstić information content (AvgIpc) is 2.86. The predicted octanol–water partition coefficient (Wildman–Crippen LogP) is 3.35. The van der Waals surface area contributed by atoms with Gasteiger partial charge in [0.2, 0.25) is 0 Å². The Morgan fingerprint density at radius 2 is 2.05 bits per heavy atom. The van der Waals surface area contributed by atoms with E-state index in [0.717, 1.165) is 37.9 Å². The van der Waals surface area contributed by atoms with Crippen molar-refractivity contribution in [1.29, 1.82) is 0 Å². The van der Waals surface area contributed by atoms with Crippen molar-refractivity contribution < 1.29 is 9.90 Å². The van der Waals surface area contributed by atoms with Gasteiger partial charge in [-0.2, -0.15) is 0 Å². The molecule has 0 spiro atoms. The van der Waals surface area contributed by atoms with Gasteiger partial charge < -0.3 is 10.0 Å². The van der Waals surface area contributed by atoms with Crippen LogP contribution >= 0.6 is 0 Å². The number of hydrogen-bond acceptors (Lipinski definition) is 2. The molecule has 3 nitrogen and oxygen atoms in total. The van der Waals surface area contributed by atoms with E-state index in [0.29, 0.717) is 11.0 Å². The van der Waals surface area contributed by atoms with Crippen molar-refractivity contribution in [2.75, 3.05) is 13.1 Å². The van der Waals surface area contributed by atoms with E-state index in [2.05, 4.69) is 13.8 Å². The van der Waals surface area contributed by atoms with Crippen LogP contribution in [0.25, 0.3) is 0 Å². The molecule has 104 valence electrons. The van der Waals surface area contributed by atoms with Crippen LogP contribution in [0, 0.1) is 12.3 Å². The summed E-state index contributed by atoms with van der Waals surface area (Å²) in [5.41, 5.74) is 1.74. The van der Waals surface area contributed by atoms with E-state index in [4.69, 9.17) is 0 Å². The highest BCUT2D eigenvalue weighted by atomic mass is 16.3. The van der Waals surface area contributed by atoms with Crippen molar-refractivity contribution in [2.24, 2.45) is 5.41 Å². The van der Waals surface area contributed by atoms with Gasteiger partial charge in [0.25, 0.3) is 5.91 Å². The normalized spacial score (nSPS) is 17.7. The van der Waals surface area contributed by atoms with Crippen LogP contribution in [0.4, 0.5) is 0 Å².